The summed E-state index contributed by atoms with van der Waals surface area (Å²) in [6, 6.07) is 17.7. The summed E-state index contributed by atoms with van der Waals surface area (Å²) in [7, 11) is 1.86. The zero-order chi connectivity index (χ0) is 19.2. The van der Waals surface area contributed by atoms with Crippen molar-refractivity contribution < 1.29 is 9.53 Å². The number of carbonyl (C=O) groups is 1. The maximum Gasteiger partial charge on any atom is 0.248 e. The third kappa shape index (κ3) is 4.85. The van der Waals surface area contributed by atoms with Crippen LogP contribution in [-0.2, 0) is 18.4 Å². The number of aromatic nitrogens is 2. The minimum absolute atomic E-state index is 0.182. The fourth-order valence-electron chi connectivity index (χ4n) is 2.71. The van der Waals surface area contributed by atoms with E-state index in [1.165, 1.54) is 6.08 Å². The molecule has 0 aliphatic rings. The lowest BCUT2D eigenvalue weighted by Gasteiger charge is -2.06. The fourth-order valence-corrected chi connectivity index (χ4v) is 2.71. The summed E-state index contributed by atoms with van der Waals surface area (Å²) < 4.78 is 7.52. The van der Waals surface area contributed by atoms with Gasteiger partial charge in [-0.25, -0.2) is 0 Å². The summed E-state index contributed by atoms with van der Waals surface area (Å²) in [4.78, 5) is 12.2. The van der Waals surface area contributed by atoms with E-state index in [1.807, 2.05) is 75.5 Å². The summed E-state index contributed by atoms with van der Waals surface area (Å²) in [6.07, 6.45) is 3.29. The van der Waals surface area contributed by atoms with Gasteiger partial charge in [0.25, 0.3) is 0 Å². The number of ether oxygens (including phenoxy) is 1. The predicted molar refractivity (Wildman–Crippen MR) is 108 cm³/mol. The predicted octanol–water partition coefficient (Wildman–Crippen LogP) is 4.27. The van der Waals surface area contributed by atoms with E-state index in [9.17, 15) is 4.79 Å². The van der Waals surface area contributed by atoms with Crippen molar-refractivity contribution in [1.29, 1.82) is 0 Å². The average molecular weight is 361 g/mol. The minimum atomic E-state index is -0.182. The second kappa shape index (κ2) is 8.36. The van der Waals surface area contributed by atoms with E-state index in [-0.39, 0.29) is 5.91 Å². The van der Waals surface area contributed by atoms with Crippen LogP contribution in [0.5, 0.6) is 5.75 Å². The van der Waals surface area contributed by atoms with E-state index < -0.39 is 0 Å². The largest absolute Gasteiger partial charge is 0.489 e. The molecule has 0 bridgehead atoms. The van der Waals surface area contributed by atoms with Crippen molar-refractivity contribution in [3.63, 3.8) is 0 Å². The van der Waals surface area contributed by atoms with Gasteiger partial charge in [-0.05, 0) is 43.2 Å². The van der Waals surface area contributed by atoms with Crippen LogP contribution in [0.1, 0.15) is 22.5 Å². The van der Waals surface area contributed by atoms with Gasteiger partial charge in [0.1, 0.15) is 12.4 Å². The number of anilines is 1. The molecule has 1 N–H and O–H groups in total. The Morgan fingerprint density at radius 1 is 1.11 bits per heavy atom. The van der Waals surface area contributed by atoms with Gasteiger partial charge in [0.05, 0.1) is 17.1 Å². The number of hydrogen-bond donors (Lipinski definition) is 1. The second-order valence-corrected chi connectivity index (χ2v) is 6.34. The Labute approximate surface area is 159 Å². The fraction of sp³-hybridized carbons (Fsp3) is 0.182. The van der Waals surface area contributed by atoms with Gasteiger partial charge in [0.15, 0.2) is 0 Å². The summed E-state index contributed by atoms with van der Waals surface area (Å²) in [5.41, 5.74) is 4.54. The normalized spacial score (nSPS) is 10.9. The Morgan fingerprint density at radius 2 is 1.81 bits per heavy atom. The molecule has 3 aromatic rings. The lowest BCUT2D eigenvalue weighted by atomic mass is 10.2. The molecular formula is C22H23N3O2. The number of rotatable bonds is 6. The first-order valence-electron chi connectivity index (χ1n) is 8.79. The van der Waals surface area contributed by atoms with Gasteiger partial charge >= 0.3 is 0 Å². The number of nitrogens with one attached hydrogen (secondary N) is 1. The quantitative estimate of drug-likeness (QED) is 0.667. The van der Waals surface area contributed by atoms with E-state index >= 15 is 0 Å². The van der Waals surface area contributed by atoms with Crippen LogP contribution >= 0.6 is 0 Å². The van der Waals surface area contributed by atoms with Gasteiger partial charge in [0.2, 0.25) is 5.91 Å². The Kier molecular flexibility index (Phi) is 5.71. The number of nitrogens with zero attached hydrogens (tertiary/aromatic N) is 2. The van der Waals surface area contributed by atoms with Crippen molar-refractivity contribution in [2.75, 3.05) is 5.32 Å². The number of amides is 1. The molecule has 0 saturated heterocycles. The molecule has 1 aromatic heterocycles. The van der Waals surface area contributed by atoms with Crippen LogP contribution in [0.2, 0.25) is 0 Å². The van der Waals surface area contributed by atoms with E-state index in [0.29, 0.717) is 6.61 Å². The Balaban J connectivity index is 1.56. The van der Waals surface area contributed by atoms with Gasteiger partial charge in [-0.15, -0.1) is 0 Å². The molecule has 0 saturated carbocycles. The molecule has 0 unspecified atom stereocenters. The summed E-state index contributed by atoms with van der Waals surface area (Å²) >= 11 is 0. The summed E-state index contributed by atoms with van der Waals surface area (Å²) in [5.74, 6) is 0.612. The van der Waals surface area contributed by atoms with E-state index in [0.717, 1.165) is 34.0 Å². The standard InChI is InChI=1S/C22H23N3O2/c1-16-22(17(2)25(3)24-16)23-21(26)14-11-18-9-12-20(13-10-18)27-15-19-7-5-4-6-8-19/h4-14H,15H2,1-3H3,(H,23,26). The molecule has 3 rings (SSSR count). The maximum absolute atomic E-state index is 12.2. The first-order chi connectivity index (χ1) is 13.0. The highest BCUT2D eigenvalue weighted by Crippen LogP contribution is 2.19. The third-order valence-corrected chi connectivity index (χ3v) is 4.31. The van der Waals surface area contributed by atoms with Gasteiger partial charge in [0, 0.05) is 13.1 Å². The summed E-state index contributed by atoms with van der Waals surface area (Å²) in [5, 5.41) is 7.18. The highest BCUT2D eigenvalue weighted by molar-refractivity contribution is 6.02. The first kappa shape index (κ1) is 18.5. The van der Waals surface area contributed by atoms with Crippen LogP contribution in [0.4, 0.5) is 5.69 Å². The number of benzene rings is 2. The SMILES string of the molecule is Cc1nn(C)c(C)c1NC(=O)C=Cc1ccc(OCc2ccccc2)cc1. The molecule has 0 fully saturated rings. The van der Waals surface area contributed by atoms with Crippen LogP contribution < -0.4 is 10.1 Å². The molecule has 27 heavy (non-hydrogen) atoms. The number of hydrogen-bond acceptors (Lipinski definition) is 3. The Bertz CT molecular complexity index is 942. The molecule has 1 amide bonds. The average Bonchev–Trinajstić information content (AvgIpc) is 2.92. The van der Waals surface area contributed by atoms with Crippen LogP contribution in [0, 0.1) is 13.8 Å². The minimum Gasteiger partial charge on any atom is -0.489 e. The van der Waals surface area contributed by atoms with Crippen LogP contribution in [0.3, 0.4) is 0 Å². The van der Waals surface area contributed by atoms with Crippen molar-refractivity contribution in [2.45, 2.75) is 20.5 Å². The highest BCUT2D eigenvalue weighted by atomic mass is 16.5. The van der Waals surface area contributed by atoms with Crippen molar-refractivity contribution in [3.8, 4) is 5.75 Å². The van der Waals surface area contributed by atoms with Crippen molar-refractivity contribution >= 4 is 17.7 Å². The highest BCUT2D eigenvalue weighted by Gasteiger charge is 2.10. The van der Waals surface area contributed by atoms with Crippen molar-refractivity contribution in [2.24, 2.45) is 7.05 Å². The van der Waals surface area contributed by atoms with Gasteiger partial charge in [-0.1, -0.05) is 42.5 Å². The zero-order valence-corrected chi connectivity index (χ0v) is 15.8. The van der Waals surface area contributed by atoms with Gasteiger partial charge in [-0.2, -0.15) is 5.10 Å². The number of aryl methyl sites for hydroxylation is 2. The molecule has 138 valence electrons. The molecule has 5 nitrogen and oxygen atoms in total. The Morgan fingerprint density at radius 3 is 2.44 bits per heavy atom. The third-order valence-electron chi connectivity index (χ3n) is 4.31. The molecule has 2 aromatic carbocycles. The molecule has 0 radical (unpaired) electrons. The van der Waals surface area contributed by atoms with E-state index in [4.69, 9.17) is 4.74 Å². The smallest absolute Gasteiger partial charge is 0.248 e. The van der Waals surface area contributed by atoms with E-state index in [2.05, 4.69) is 10.4 Å². The van der Waals surface area contributed by atoms with Gasteiger partial charge in [-0.3, -0.25) is 9.48 Å². The lowest BCUT2D eigenvalue weighted by molar-refractivity contribution is -0.111. The second-order valence-electron chi connectivity index (χ2n) is 6.34. The molecule has 0 spiro atoms. The molecule has 0 atom stereocenters. The zero-order valence-electron chi connectivity index (χ0n) is 15.8. The summed E-state index contributed by atoms with van der Waals surface area (Å²) in [6.45, 7) is 4.33. The molecular weight excluding hydrogens is 338 g/mol. The monoisotopic (exact) mass is 361 g/mol. The molecule has 0 aliphatic carbocycles. The molecule has 1 heterocycles. The number of carbonyl (C=O) groups excluding carboxylic acids is 1. The van der Waals surface area contributed by atoms with Crippen molar-refractivity contribution in [3.05, 3.63) is 83.2 Å². The van der Waals surface area contributed by atoms with Crippen LogP contribution in [0.15, 0.2) is 60.7 Å². The topological polar surface area (TPSA) is 56.2 Å². The molecule has 5 heteroatoms. The van der Waals surface area contributed by atoms with E-state index in [1.54, 1.807) is 10.8 Å². The first-order valence-corrected chi connectivity index (χ1v) is 8.79. The lowest BCUT2D eigenvalue weighted by Crippen LogP contribution is -2.09. The Hall–Kier alpha value is -3.34. The van der Waals surface area contributed by atoms with Crippen LogP contribution in [0.25, 0.3) is 6.08 Å². The maximum atomic E-state index is 12.2. The molecule has 0 aliphatic heterocycles. The van der Waals surface area contributed by atoms with Gasteiger partial charge < -0.3 is 10.1 Å². The van der Waals surface area contributed by atoms with Crippen LogP contribution in [-0.4, -0.2) is 15.7 Å². The van der Waals surface area contributed by atoms with Crippen molar-refractivity contribution in [1.82, 2.24) is 9.78 Å².